The van der Waals surface area contributed by atoms with Crippen molar-refractivity contribution >= 4 is 47.3 Å². The molecule has 5 atom stereocenters. The van der Waals surface area contributed by atoms with Crippen LogP contribution < -0.4 is 10.4 Å². The molecule has 0 N–H and O–H groups in total. The van der Waals surface area contributed by atoms with E-state index >= 15 is 0 Å². The minimum atomic E-state index is -2.89. The van der Waals surface area contributed by atoms with Crippen molar-refractivity contribution in [2.45, 2.75) is 89.3 Å². The number of ether oxygens (including phenoxy) is 5. The maximum absolute atomic E-state index is 13.4. The van der Waals surface area contributed by atoms with Crippen LogP contribution in [0.1, 0.15) is 58.3 Å². The third kappa shape index (κ3) is 9.41. The summed E-state index contributed by atoms with van der Waals surface area (Å²) in [6.45, 7) is 12.6. The molecule has 254 valence electrons. The summed E-state index contributed by atoms with van der Waals surface area (Å²) in [6.07, 6.45) is 2.07. The van der Waals surface area contributed by atoms with Crippen LogP contribution in [-0.2, 0) is 28.1 Å². The topological polar surface area (TPSA) is 72.5 Å². The van der Waals surface area contributed by atoms with Crippen LogP contribution in [0.15, 0.2) is 103 Å². The van der Waals surface area contributed by atoms with Crippen LogP contribution in [0.5, 0.6) is 0 Å². The van der Waals surface area contributed by atoms with Crippen LogP contribution in [0.3, 0.4) is 0 Å². The number of hydrogen-bond donors (Lipinski definition) is 0. The van der Waals surface area contributed by atoms with E-state index < -0.39 is 44.5 Å². The Kier molecular flexibility index (Phi) is 13.4. The molecule has 1 fully saturated rings. The van der Waals surface area contributed by atoms with Gasteiger partial charge in [-0.2, -0.15) is 0 Å². The van der Waals surface area contributed by atoms with Crippen molar-refractivity contribution in [1.82, 2.24) is 0 Å². The summed E-state index contributed by atoms with van der Waals surface area (Å²) >= 11 is 2.33. The molecule has 3 aromatic carbocycles. The fourth-order valence-corrected chi connectivity index (χ4v) is 11.5. The van der Waals surface area contributed by atoms with Crippen molar-refractivity contribution in [1.29, 1.82) is 0 Å². The largest absolute Gasteiger partial charge is 0.452 e. The molecule has 3 aromatic rings. The average molecular weight is 773 g/mol. The Balaban J connectivity index is 1.73. The molecule has 7 nitrogen and oxygen atoms in total. The van der Waals surface area contributed by atoms with Crippen LogP contribution in [0.2, 0.25) is 5.04 Å². The third-order valence-corrected chi connectivity index (χ3v) is 14.1. The Morgan fingerprint density at radius 3 is 1.98 bits per heavy atom. The minimum absolute atomic E-state index is 0.0610. The quantitative estimate of drug-likeness (QED) is 0.0409. The van der Waals surface area contributed by atoms with Gasteiger partial charge in [0, 0.05) is 11.5 Å². The Labute approximate surface area is 295 Å². The molecule has 47 heavy (non-hydrogen) atoms. The highest BCUT2D eigenvalue weighted by Gasteiger charge is 2.52. The second kappa shape index (κ2) is 16.8. The number of methoxy groups -OCH3 is 1. The van der Waals surface area contributed by atoms with E-state index in [0.29, 0.717) is 5.56 Å². The fourth-order valence-electron chi connectivity index (χ4n) is 6.20. The molecule has 1 saturated heterocycles. The van der Waals surface area contributed by atoms with Crippen molar-refractivity contribution in [2.24, 2.45) is 0 Å². The maximum Gasteiger partial charge on any atom is 0.338 e. The number of carbonyl (C=O) groups excluding carboxylic acids is 1. The molecule has 0 radical (unpaired) electrons. The van der Waals surface area contributed by atoms with Gasteiger partial charge in [0.2, 0.25) is 0 Å². The van der Waals surface area contributed by atoms with E-state index in [2.05, 4.69) is 91.9 Å². The number of carbonyl (C=O) groups is 1. The van der Waals surface area contributed by atoms with E-state index in [0.717, 1.165) is 10.8 Å². The molecule has 1 heterocycles. The van der Waals surface area contributed by atoms with Crippen LogP contribution >= 0.6 is 22.6 Å². The summed E-state index contributed by atoms with van der Waals surface area (Å²) in [7, 11) is -1.30. The number of hydrogen-bond acceptors (Lipinski definition) is 7. The van der Waals surface area contributed by atoms with Gasteiger partial charge in [0.05, 0.1) is 17.8 Å². The molecule has 0 saturated carbocycles. The molecule has 1 aliphatic heterocycles. The number of alkyl halides is 1. The van der Waals surface area contributed by atoms with Gasteiger partial charge in [-0.1, -0.05) is 128 Å². The molecule has 4 rings (SSSR count). The monoisotopic (exact) mass is 772 g/mol. The first-order valence-electron chi connectivity index (χ1n) is 16.2. The molecular formula is C38H49IO7Si. The van der Waals surface area contributed by atoms with E-state index in [-0.39, 0.29) is 17.9 Å². The molecule has 0 aromatic heterocycles. The average Bonchev–Trinajstić information content (AvgIpc) is 3.37. The standard InChI is InChI=1S/C38H49IO7Si/c1-28(46-47(37(2,3)4,30-19-13-9-14-20-30)31-21-15-10-16-22-31)32(42-27-41-7)23-24-33(43-36(40)29-17-11-8-12-18-29)35-34(25-26-39)44-38(5,6)45-35/h8-24,28,32-35H,25-27H2,1-7H3/t28-,32+,33?,34-,35+/m0/s1. The summed E-state index contributed by atoms with van der Waals surface area (Å²) in [5.41, 5.74) is 0.463. The number of halogens is 1. The zero-order valence-corrected chi connectivity index (χ0v) is 31.7. The van der Waals surface area contributed by atoms with Crippen molar-refractivity contribution < 1.29 is 32.9 Å². The van der Waals surface area contributed by atoms with Crippen molar-refractivity contribution in [3.8, 4) is 0 Å². The van der Waals surface area contributed by atoms with E-state index in [4.69, 9.17) is 28.1 Å². The summed E-state index contributed by atoms with van der Waals surface area (Å²) in [6, 6.07) is 30.0. The summed E-state index contributed by atoms with van der Waals surface area (Å²) in [4.78, 5) is 13.4. The summed E-state index contributed by atoms with van der Waals surface area (Å²) < 4.78 is 38.7. The van der Waals surface area contributed by atoms with E-state index in [9.17, 15) is 4.79 Å². The van der Waals surface area contributed by atoms with Gasteiger partial charge in [-0.15, -0.1) is 0 Å². The molecule has 0 spiro atoms. The molecule has 0 bridgehead atoms. The first kappa shape index (κ1) is 37.4. The van der Waals surface area contributed by atoms with Gasteiger partial charge >= 0.3 is 5.97 Å². The summed E-state index contributed by atoms with van der Waals surface area (Å²) in [5, 5.41) is 2.13. The zero-order valence-electron chi connectivity index (χ0n) is 28.6. The molecule has 1 aliphatic rings. The highest BCUT2D eigenvalue weighted by atomic mass is 127. The van der Waals surface area contributed by atoms with Crippen molar-refractivity contribution in [3.05, 3.63) is 109 Å². The lowest BCUT2D eigenvalue weighted by molar-refractivity contribution is -0.153. The smallest absolute Gasteiger partial charge is 0.338 e. The lowest BCUT2D eigenvalue weighted by Crippen LogP contribution is -2.68. The Hall–Kier alpha value is -2.38. The van der Waals surface area contributed by atoms with E-state index in [1.807, 2.05) is 63.3 Å². The minimum Gasteiger partial charge on any atom is -0.452 e. The Bertz CT molecular complexity index is 1370. The number of benzene rings is 3. The zero-order chi connectivity index (χ0) is 34.1. The Morgan fingerprint density at radius 1 is 0.915 bits per heavy atom. The van der Waals surface area contributed by atoms with Gasteiger partial charge in [-0.05, 0) is 60.8 Å². The number of rotatable bonds is 15. The molecular weight excluding hydrogens is 723 g/mol. The van der Waals surface area contributed by atoms with E-state index in [1.54, 1.807) is 19.2 Å². The molecule has 0 aliphatic carbocycles. The second-order valence-electron chi connectivity index (χ2n) is 13.3. The van der Waals surface area contributed by atoms with Crippen LogP contribution in [0.4, 0.5) is 0 Å². The highest BCUT2D eigenvalue weighted by Crippen LogP contribution is 2.38. The van der Waals surface area contributed by atoms with Crippen molar-refractivity contribution in [2.75, 3.05) is 18.3 Å². The lowest BCUT2D eigenvalue weighted by Gasteiger charge is -2.45. The van der Waals surface area contributed by atoms with Gasteiger partial charge in [-0.25, -0.2) is 4.79 Å². The fraction of sp³-hybridized carbons (Fsp3) is 0.447. The Morgan fingerprint density at radius 2 is 1.47 bits per heavy atom. The van der Waals surface area contributed by atoms with E-state index in [1.165, 1.54) is 10.4 Å². The van der Waals surface area contributed by atoms with Gasteiger partial charge in [0.1, 0.15) is 25.1 Å². The molecule has 9 heteroatoms. The predicted octanol–water partition coefficient (Wildman–Crippen LogP) is 7.07. The predicted molar refractivity (Wildman–Crippen MR) is 197 cm³/mol. The summed E-state index contributed by atoms with van der Waals surface area (Å²) in [5.74, 6) is -1.26. The molecule has 0 amide bonds. The maximum atomic E-state index is 13.4. The van der Waals surface area contributed by atoms with Crippen LogP contribution in [-0.4, -0.2) is 68.9 Å². The highest BCUT2D eigenvalue weighted by molar-refractivity contribution is 14.1. The normalized spacial score (nSPS) is 20.2. The molecule has 1 unspecified atom stereocenters. The van der Waals surface area contributed by atoms with Gasteiger partial charge in [0.25, 0.3) is 8.32 Å². The first-order valence-corrected chi connectivity index (χ1v) is 19.6. The van der Waals surface area contributed by atoms with Crippen molar-refractivity contribution in [3.63, 3.8) is 0 Å². The van der Waals surface area contributed by atoms with Gasteiger partial charge in [-0.3, -0.25) is 0 Å². The van der Waals surface area contributed by atoms with Crippen LogP contribution in [0, 0.1) is 0 Å². The second-order valence-corrected chi connectivity index (χ2v) is 18.6. The van der Waals surface area contributed by atoms with Gasteiger partial charge < -0.3 is 28.1 Å². The lowest BCUT2D eigenvalue weighted by atomic mass is 10.0. The van der Waals surface area contributed by atoms with Gasteiger partial charge in [0.15, 0.2) is 5.79 Å². The first-order chi connectivity index (χ1) is 22.4. The third-order valence-electron chi connectivity index (χ3n) is 8.30. The van der Waals surface area contributed by atoms with Crippen LogP contribution in [0.25, 0.3) is 0 Å². The SMILES string of the molecule is COCO[C@H](C=CC(OC(=O)c1ccccc1)[C@H]1OC(C)(C)O[C@H]1CCI)[C@H](C)O[Si](c1ccccc1)(c1ccccc1)C(C)(C)C. The number of esters is 1.